The predicted octanol–water partition coefficient (Wildman–Crippen LogP) is 1.02. The number of carbonyl (C=O) groups is 1. The van der Waals surface area contributed by atoms with Crippen LogP contribution in [0.25, 0.3) is 0 Å². The Hall–Kier alpha value is -1.55. The molecule has 0 saturated heterocycles. The molecule has 0 heterocycles. The minimum absolute atomic E-state index is 0.203. The second kappa shape index (κ2) is 4.98. The van der Waals surface area contributed by atoms with E-state index in [1.807, 2.05) is 13.1 Å². The Morgan fingerprint density at radius 1 is 1.50 bits per heavy atom. The minimum Gasteiger partial charge on any atom is -0.497 e. The Labute approximate surface area is 108 Å². The lowest BCUT2D eigenvalue weighted by molar-refractivity contribution is -0.119. The van der Waals surface area contributed by atoms with Crippen molar-refractivity contribution in [3.63, 3.8) is 0 Å². The van der Waals surface area contributed by atoms with Gasteiger partial charge in [-0.2, -0.15) is 0 Å². The van der Waals surface area contributed by atoms with Crippen molar-refractivity contribution in [2.45, 2.75) is 31.2 Å². The van der Waals surface area contributed by atoms with E-state index in [1.54, 1.807) is 7.11 Å². The fourth-order valence-corrected chi connectivity index (χ4v) is 2.75. The molecule has 18 heavy (non-hydrogen) atoms. The Bertz CT molecular complexity index is 459. The molecular formula is C14H20N2O2. The summed E-state index contributed by atoms with van der Waals surface area (Å²) in [4.78, 5) is 11.2. The van der Waals surface area contributed by atoms with Crippen LogP contribution in [0.2, 0.25) is 0 Å². The zero-order valence-corrected chi connectivity index (χ0v) is 11.0. The van der Waals surface area contributed by atoms with Gasteiger partial charge in [0.2, 0.25) is 5.91 Å². The number of primary amides is 1. The average molecular weight is 248 g/mol. The van der Waals surface area contributed by atoms with E-state index in [9.17, 15) is 4.79 Å². The molecule has 0 saturated carbocycles. The summed E-state index contributed by atoms with van der Waals surface area (Å²) in [6.45, 7) is 0. The van der Waals surface area contributed by atoms with E-state index < -0.39 is 0 Å². The van der Waals surface area contributed by atoms with Crippen molar-refractivity contribution in [2.75, 3.05) is 14.2 Å². The monoisotopic (exact) mass is 248 g/mol. The molecule has 4 nitrogen and oxygen atoms in total. The van der Waals surface area contributed by atoms with Crippen LogP contribution >= 0.6 is 0 Å². The number of hydrogen-bond donors (Lipinski definition) is 2. The highest BCUT2D eigenvalue weighted by Crippen LogP contribution is 2.32. The third-order valence-electron chi connectivity index (χ3n) is 3.86. The molecule has 1 unspecified atom stereocenters. The van der Waals surface area contributed by atoms with Gasteiger partial charge in [0.15, 0.2) is 0 Å². The third-order valence-corrected chi connectivity index (χ3v) is 3.86. The summed E-state index contributed by atoms with van der Waals surface area (Å²) in [5.41, 5.74) is 7.74. The van der Waals surface area contributed by atoms with Crippen molar-refractivity contribution in [3.8, 4) is 5.75 Å². The maximum Gasteiger partial charge on any atom is 0.219 e. The molecular weight excluding hydrogens is 228 g/mol. The van der Waals surface area contributed by atoms with Crippen molar-refractivity contribution < 1.29 is 9.53 Å². The van der Waals surface area contributed by atoms with E-state index >= 15 is 0 Å². The van der Waals surface area contributed by atoms with Crippen LogP contribution in [0.3, 0.4) is 0 Å². The predicted molar refractivity (Wildman–Crippen MR) is 70.6 cm³/mol. The fourth-order valence-electron chi connectivity index (χ4n) is 2.75. The normalized spacial score (nSPS) is 22.3. The number of aryl methyl sites for hydroxylation is 1. The van der Waals surface area contributed by atoms with E-state index in [1.165, 1.54) is 11.1 Å². The summed E-state index contributed by atoms with van der Waals surface area (Å²) in [6, 6.07) is 6.15. The van der Waals surface area contributed by atoms with Gasteiger partial charge in [0, 0.05) is 12.0 Å². The van der Waals surface area contributed by atoms with Gasteiger partial charge >= 0.3 is 0 Å². The Balaban J connectivity index is 2.28. The third kappa shape index (κ3) is 2.48. The van der Waals surface area contributed by atoms with Crippen LogP contribution in [-0.4, -0.2) is 25.6 Å². The molecule has 4 heteroatoms. The summed E-state index contributed by atoms with van der Waals surface area (Å²) in [5, 5.41) is 3.29. The second-order valence-corrected chi connectivity index (χ2v) is 4.98. The molecule has 0 bridgehead atoms. The molecule has 2 rings (SSSR count). The van der Waals surface area contributed by atoms with Crippen LogP contribution in [0.15, 0.2) is 18.2 Å². The van der Waals surface area contributed by atoms with Gasteiger partial charge in [-0.15, -0.1) is 0 Å². The molecule has 3 N–H and O–H groups in total. The van der Waals surface area contributed by atoms with Crippen molar-refractivity contribution in [3.05, 3.63) is 29.3 Å². The van der Waals surface area contributed by atoms with Gasteiger partial charge in [-0.1, -0.05) is 6.07 Å². The number of amides is 1. The number of hydrogen-bond acceptors (Lipinski definition) is 3. The number of nitrogens with one attached hydrogen (secondary N) is 1. The number of methoxy groups -OCH3 is 1. The van der Waals surface area contributed by atoms with E-state index in [0.29, 0.717) is 6.42 Å². The van der Waals surface area contributed by atoms with Crippen LogP contribution in [0.4, 0.5) is 0 Å². The van der Waals surface area contributed by atoms with Gasteiger partial charge in [0.1, 0.15) is 5.75 Å². The lowest BCUT2D eigenvalue weighted by Crippen LogP contribution is -2.50. The number of ether oxygens (including phenoxy) is 1. The van der Waals surface area contributed by atoms with E-state index in [4.69, 9.17) is 10.5 Å². The number of fused-ring (bicyclic) bond motifs is 1. The smallest absolute Gasteiger partial charge is 0.219 e. The lowest BCUT2D eigenvalue weighted by Gasteiger charge is -2.37. The zero-order chi connectivity index (χ0) is 13.2. The second-order valence-electron chi connectivity index (χ2n) is 4.98. The summed E-state index contributed by atoms with van der Waals surface area (Å²) < 4.78 is 5.25. The van der Waals surface area contributed by atoms with E-state index in [2.05, 4.69) is 17.4 Å². The number of carbonyl (C=O) groups excluding carboxylic acids is 1. The number of benzene rings is 1. The van der Waals surface area contributed by atoms with Crippen LogP contribution in [-0.2, 0) is 17.6 Å². The van der Waals surface area contributed by atoms with Gasteiger partial charge in [-0.3, -0.25) is 4.79 Å². The molecule has 0 fully saturated rings. The molecule has 0 aromatic heterocycles. The first kappa shape index (κ1) is 12.9. The van der Waals surface area contributed by atoms with Crippen molar-refractivity contribution in [1.29, 1.82) is 0 Å². The van der Waals surface area contributed by atoms with Crippen LogP contribution < -0.4 is 15.8 Å². The van der Waals surface area contributed by atoms with Crippen molar-refractivity contribution in [1.82, 2.24) is 5.32 Å². The largest absolute Gasteiger partial charge is 0.497 e. The summed E-state index contributed by atoms with van der Waals surface area (Å²) in [7, 11) is 3.56. The Kier molecular flexibility index (Phi) is 3.57. The first-order valence-electron chi connectivity index (χ1n) is 6.21. The maximum absolute atomic E-state index is 11.2. The highest BCUT2D eigenvalue weighted by Gasteiger charge is 2.34. The molecule has 0 aliphatic heterocycles. The van der Waals surface area contributed by atoms with E-state index in [0.717, 1.165) is 25.0 Å². The Morgan fingerprint density at radius 3 is 2.89 bits per heavy atom. The average Bonchev–Trinajstić information content (AvgIpc) is 2.37. The molecule has 1 aliphatic carbocycles. The molecule has 1 aromatic rings. The SMILES string of the molecule is CNC1(CC(N)=O)CCc2ccc(OC)cc2C1. The maximum atomic E-state index is 11.2. The van der Waals surface area contributed by atoms with Crippen molar-refractivity contribution in [2.24, 2.45) is 5.73 Å². The van der Waals surface area contributed by atoms with Gasteiger partial charge in [0.25, 0.3) is 0 Å². The zero-order valence-electron chi connectivity index (χ0n) is 11.0. The fraction of sp³-hybridized carbons (Fsp3) is 0.500. The molecule has 98 valence electrons. The van der Waals surface area contributed by atoms with Gasteiger partial charge in [0.05, 0.1) is 7.11 Å². The first-order valence-corrected chi connectivity index (χ1v) is 6.21. The standard InChI is InChI=1S/C14H20N2O2/c1-16-14(9-13(15)17)6-5-10-3-4-12(18-2)7-11(10)8-14/h3-4,7,16H,5-6,8-9H2,1-2H3,(H2,15,17). The Morgan fingerprint density at radius 2 is 2.28 bits per heavy atom. The van der Waals surface area contributed by atoms with Crippen LogP contribution in [0.1, 0.15) is 24.0 Å². The topological polar surface area (TPSA) is 64.3 Å². The van der Waals surface area contributed by atoms with Gasteiger partial charge in [-0.05, 0) is 49.6 Å². The van der Waals surface area contributed by atoms with Crippen LogP contribution in [0.5, 0.6) is 5.75 Å². The quantitative estimate of drug-likeness (QED) is 0.836. The highest BCUT2D eigenvalue weighted by atomic mass is 16.5. The highest BCUT2D eigenvalue weighted by molar-refractivity contribution is 5.75. The summed E-state index contributed by atoms with van der Waals surface area (Å²) in [5.74, 6) is 0.607. The van der Waals surface area contributed by atoms with Crippen molar-refractivity contribution >= 4 is 5.91 Å². The molecule has 0 spiro atoms. The van der Waals surface area contributed by atoms with E-state index in [-0.39, 0.29) is 11.4 Å². The molecule has 0 radical (unpaired) electrons. The van der Waals surface area contributed by atoms with Gasteiger partial charge < -0.3 is 15.8 Å². The minimum atomic E-state index is -0.254. The molecule has 1 aromatic carbocycles. The molecule has 1 atom stereocenters. The molecule has 1 aliphatic rings. The van der Waals surface area contributed by atoms with Gasteiger partial charge in [-0.25, -0.2) is 0 Å². The van der Waals surface area contributed by atoms with Crippen LogP contribution in [0, 0.1) is 0 Å². The lowest BCUT2D eigenvalue weighted by atomic mass is 9.76. The number of likely N-dealkylation sites (N-methyl/N-ethyl adjacent to an activating group) is 1. The molecule has 1 amide bonds. The number of nitrogens with two attached hydrogens (primary N) is 1. The first-order chi connectivity index (χ1) is 8.58. The number of rotatable bonds is 4. The summed E-state index contributed by atoms with van der Waals surface area (Å²) >= 11 is 0. The summed E-state index contributed by atoms with van der Waals surface area (Å²) in [6.07, 6.45) is 3.10.